The van der Waals surface area contributed by atoms with Crippen LogP contribution >= 0.6 is 0 Å². The second kappa shape index (κ2) is 5.97. The Hall–Kier alpha value is -2.34. The highest BCUT2D eigenvalue weighted by molar-refractivity contribution is 5.83. The topological polar surface area (TPSA) is 62.3 Å². The molecule has 6 heteroatoms. The second-order valence-corrected chi connectivity index (χ2v) is 4.70. The number of hydrogen-bond acceptors (Lipinski definition) is 5. The first-order valence-electron chi connectivity index (χ1n) is 6.71. The molecule has 0 unspecified atom stereocenters. The molecular weight excluding hydrogens is 270 g/mol. The molecule has 0 aliphatic heterocycles. The van der Waals surface area contributed by atoms with Crippen molar-refractivity contribution in [3.05, 3.63) is 42.4 Å². The maximum atomic E-state index is 5.51. The van der Waals surface area contributed by atoms with E-state index in [0.717, 1.165) is 28.9 Å². The number of imidazole rings is 1. The van der Waals surface area contributed by atoms with Crippen molar-refractivity contribution < 1.29 is 13.9 Å². The molecule has 2 heterocycles. The molecule has 0 aliphatic carbocycles. The maximum absolute atomic E-state index is 5.51. The van der Waals surface area contributed by atoms with Gasteiger partial charge in [-0.25, -0.2) is 9.97 Å². The van der Waals surface area contributed by atoms with Gasteiger partial charge in [0, 0.05) is 20.1 Å². The van der Waals surface area contributed by atoms with Crippen molar-refractivity contribution in [1.82, 2.24) is 14.5 Å². The largest absolute Gasteiger partial charge is 0.494 e. The Labute approximate surface area is 122 Å². The number of nitrogens with zero attached hydrogens (tertiary/aromatic N) is 3. The number of aromatic nitrogens is 3. The normalized spacial score (nSPS) is 11.1. The zero-order chi connectivity index (χ0) is 14.7. The van der Waals surface area contributed by atoms with E-state index in [0.29, 0.717) is 18.9 Å². The van der Waals surface area contributed by atoms with Gasteiger partial charge in [0.25, 0.3) is 0 Å². The number of methoxy groups -OCH3 is 2. The first-order valence-corrected chi connectivity index (χ1v) is 6.71. The molecule has 1 aromatic carbocycles. The average molecular weight is 287 g/mol. The Kier molecular flexibility index (Phi) is 3.87. The van der Waals surface area contributed by atoms with Gasteiger partial charge in [-0.05, 0) is 17.7 Å². The van der Waals surface area contributed by atoms with Crippen LogP contribution in [0.2, 0.25) is 0 Å². The summed E-state index contributed by atoms with van der Waals surface area (Å²) in [7, 11) is 3.35. The van der Waals surface area contributed by atoms with E-state index >= 15 is 0 Å². The van der Waals surface area contributed by atoms with Crippen molar-refractivity contribution in [3.8, 4) is 5.75 Å². The van der Waals surface area contributed by atoms with E-state index in [1.807, 2.05) is 16.7 Å². The second-order valence-electron chi connectivity index (χ2n) is 4.70. The number of oxazole rings is 1. The molecule has 0 N–H and O–H groups in total. The molecule has 0 aliphatic rings. The first-order chi connectivity index (χ1) is 10.3. The first kappa shape index (κ1) is 13.6. The Bertz CT molecular complexity index is 719. The molecule has 0 fully saturated rings. The van der Waals surface area contributed by atoms with Crippen LogP contribution in [-0.4, -0.2) is 35.4 Å². The van der Waals surface area contributed by atoms with Gasteiger partial charge in [-0.1, -0.05) is 0 Å². The minimum atomic E-state index is 0.615. The van der Waals surface area contributed by atoms with Crippen LogP contribution in [0.15, 0.2) is 35.3 Å². The van der Waals surface area contributed by atoms with Crippen LogP contribution in [-0.2, 0) is 17.7 Å². The SMILES string of the molecule is COCCn1cnc2cc(Cc3ncco3)cc(OC)c21. The summed E-state index contributed by atoms with van der Waals surface area (Å²) in [5.41, 5.74) is 2.93. The minimum absolute atomic E-state index is 0.615. The van der Waals surface area contributed by atoms with Crippen LogP contribution in [0, 0.1) is 0 Å². The fourth-order valence-electron chi connectivity index (χ4n) is 2.36. The third kappa shape index (κ3) is 2.75. The highest BCUT2D eigenvalue weighted by Crippen LogP contribution is 2.28. The summed E-state index contributed by atoms with van der Waals surface area (Å²) in [4.78, 5) is 8.59. The van der Waals surface area contributed by atoms with Gasteiger partial charge in [0.15, 0.2) is 5.89 Å². The number of ether oxygens (including phenoxy) is 2. The van der Waals surface area contributed by atoms with E-state index in [1.165, 1.54) is 0 Å². The van der Waals surface area contributed by atoms with E-state index < -0.39 is 0 Å². The van der Waals surface area contributed by atoms with E-state index in [2.05, 4.69) is 9.97 Å². The van der Waals surface area contributed by atoms with Gasteiger partial charge in [0.1, 0.15) is 17.5 Å². The molecule has 2 aromatic heterocycles. The lowest BCUT2D eigenvalue weighted by Gasteiger charge is -2.09. The smallest absolute Gasteiger partial charge is 0.198 e. The third-order valence-electron chi connectivity index (χ3n) is 3.33. The van der Waals surface area contributed by atoms with Crippen molar-refractivity contribution >= 4 is 11.0 Å². The lowest BCUT2D eigenvalue weighted by Crippen LogP contribution is -2.03. The molecule has 3 rings (SSSR count). The predicted molar refractivity (Wildman–Crippen MR) is 77.5 cm³/mol. The van der Waals surface area contributed by atoms with Gasteiger partial charge in [-0.2, -0.15) is 0 Å². The fraction of sp³-hybridized carbons (Fsp3) is 0.333. The molecule has 0 amide bonds. The van der Waals surface area contributed by atoms with Crippen molar-refractivity contribution in [3.63, 3.8) is 0 Å². The monoisotopic (exact) mass is 287 g/mol. The lowest BCUT2D eigenvalue weighted by atomic mass is 10.1. The third-order valence-corrected chi connectivity index (χ3v) is 3.33. The molecule has 0 saturated carbocycles. The van der Waals surface area contributed by atoms with Gasteiger partial charge in [-0.3, -0.25) is 0 Å². The molecule has 110 valence electrons. The lowest BCUT2D eigenvalue weighted by molar-refractivity contribution is 0.188. The van der Waals surface area contributed by atoms with E-state index in [9.17, 15) is 0 Å². The molecule has 0 atom stereocenters. The van der Waals surface area contributed by atoms with E-state index in [1.54, 1.807) is 33.0 Å². The number of fused-ring (bicyclic) bond motifs is 1. The summed E-state index contributed by atoms with van der Waals surface area (Å²) in [6.07, 6.45) is 5.64. The standard InChI is InChI=1S/C15H17N3O3/c1-19-6-4-18-10-17-12-7-11(8-13(20-2)15(12)18)9-14-16-3-5-21-14/h3,5,7-8,10H,4,6,9H2,1-2H3. The summed E-state index contributed by atoms with van der Waals surface area (Å²) in [6, 6.07) is 4.03. The Morgan fingerprint density at radius 1 is 1.24 bits per heavy atom. The Balaban J connectivity index is 1.98. The Morgan fingerprint density at radius 2 is 2.14 bits per heavy atom. The average Bonchev–Trinajstić information content (AvgIpc) is 3.14. The molecule has 21 heavy (non-hydrogen) atoms. The minimum Gasteiger partial charge on any atom is -0.494 e. The molecule has 0 spiro atoms. The highest BCUT2D eigenvalue weighted by atomic mass is 16.5. The summed E-state index contributed by atoms with van der Waals surface area (Å²) < 4.78 is 18.0. The number of benzene rings is 1. The van der Waals surface area contributed by atoms with Crippen molar-refractivity contribution in [2.75, 3.05) is 20.8 Å². The molecule has 0 bridgehead atoms. The van der Waals surface area contributed by atoms with Crippen LogP contribution in [0.3, 0.4) is 0 Å². The van der Waals surface area contributed by atoms with Crippen LogP contribution in [0.4, 0.5) is 0 Å². The van der Waals surface area contributed by atoms with Crippen molar-refractivity contribution in [2.45, 2.75) is 13.0 Å². The maximum Gasteiger partial charge on any atom is 0.198 e. The summed E-state index contributed by atoms with van der Waals surface area (Å²) >= 11 is 0. The van der Waals surface area contributed by atoms with Crippen LogP contribution in [0.1, 0.15) is 11.5 Å². The molecule has 6 nitrogen and oxygen atoms in total. The molecular formula is C15H17N3O3. The number of rotatable bonds is 6. The summed E-state index contributed by atoms with van der Waals surface area (Å²) in [5, 5.41) is 0. The summed E-state index contributed by atoms with van der Waals surface area (Å²) in [5.74, 6) is 1.47. The van der Waals surface area contributed by atoms with Crippen molar-refractivity contribution in [2.24, 2.45) is 0 Å². The number of hydrogen-bond donors (Lipinski definition) is 0. The van der Waals surface area contributed by atoms with Gasteiger partial charge >= 0.3 is 0 Å². The van der Waals surface area contributed by atoms with Crippen LogP contribution in [0.25, 0.3) is 11.0 Å². The predicted octanol–water partition coefficient (Wildman–Crippen LogP) is 2.27. The summed E-state index contributed by atoms with van der Waals surface area (Å²) in [6.45, 7) is 1.37. The van der Waals surface area contributed by atoms with Gasteiger partial charge in [0.2, 0.25) is 0 Å². The van der Waals surface area contributed by atoms with Gasteiger partial charge < -0.3 is 18.5 Å². The van der Waals surface area contributed by atoms with Gasteiger partial charge in [-0.15, -0.1) is 0 Å². The quantitative estimate of drug-likeness (QED) is 0.696. The molecule has 0 saturated heterocycles. The molecule has 3 aromatic rings. The van der Waals surface area contributed by atoms with E-state index in [4.69, 9.17) is 13.9 Å². The fourth-order valence-corrected chi connectivity index (χ4v) is 2.36. The van der Waals surface area contributed by atoms with Crippen LogP contribution < -0.4 is 4.74 Å². The zero-order valence-electron chi connectivity index (χ0n) is 12.1. The highest BCUT2D eigenvalue weighted by Gasteiger charge is 2.12. The Morgan fingerprint density at radius 3 is 2.86 bits per heavy atom. The van der Waals surface area contributed by atoms with E-state index in [-0.39, 0.29) is 0 Å². The zero-order valence-corrected chi connectivity index (χ0v) is 12.1. The molecule has 0 radical (unpaired) electrons. The van der Waals surface area contributed by atoms with Gasteiger partial charge in [0.05, 0.1) is 31.8 Å². The van der Waals surface area contributed by atoms with Crippen molar-refractivity contribution in [1.29, 1.82) is 0 Å². The van der Waals surface area contributed by atoms with Crippen LogP contribution in [0.5, 0.6) is 5.75 Å².